The molecule has 2 rings (SSSR count). The molecule has 2 unspecified atom stereocenters. The van der Waals surface area contributed by atoms with E-state index >= 15 is 0 Å². The SMILES string of the molecule is COC(=O)C(CC[C@@H]1[C@H](C)C[C@@H](C(=O)OC)N1C(=O)OC(C)(C)C)C(C)C.COC(=O)C(CC[C@H]1N[C@H](C(=O)OC)C[C@H]1C)C(C)C. The first-order valence-corrected chi connectivity index (χ1v) is 16.9. The number of esters is 4. The summed E-state index contributed by atoms with van der Waals surface area (Å²) in [5, 5.41) is 3.32. The number of rotatable bonds is 12. The van der Waals surface area contributed by atoms with Gasteiger partial charge in [0.1, 0.15) is 17.7 Å². The molecule has 0 aliphatic carbocycles. The monoisotopic (exact) mass is 670 g/mol. The number of ether oxygens (including phenoxy) is 5. The maximum Gasteiger partial charge on any atom is 0.411 e. The Balaban J connectivity index is 0.000000491. The van der Waals surface area contributed by atoms with Gasteiger partial charge in [-0.3, -0.25) is 19.3 Å². The topological polar surface area (TPSA) is 147 Å². The number of carbonyl (C=O) groups excluding carboxylic acids is 5. The number of carbonyl (C=O) groups is 5. The van der Waals surface area contributed by atoms with Crippen molar-refractivity contribution in [3.63, 3.8) is 0 Å². The first-order valence-electron chi connectivity index (χ1n) is 16.9. The van der Waals surface area contributed by atoms with Crippen LogP contribution in [0.1, 0.15) is 101 Å². The summed E-state index contributed by atoms with van der Waals surface area (Å²) in [5.74, 6) is -0.478. The van der Waals surface area contributed by atoms with Gasteiger partial charge in [-0.15, -0.1) is 0 Å². The minimum atomic E-state index is -0.666. The number of nitrogens with one attached hydrogen (secondary N) is 1. The number of likely N-dealkylation sites (tertiary alicyclic amines) is 1. The average Bonchev–Trinajstić information content (AvgIpc) is 3.54. The van der Waals surface area contributed by atoms with Gasteiger partial charge in [0.25, 0.3) is 0 Å². The largest absolute Gasteiger partial charge is 0.469 e. The smallest absolute Gasteiger partial charge is 0.411 e. The lowest BCUT2D eigenvalue weighted by molar-refractivity contribution is -0.148. The van der Waals surface area contributed by atoms with Crippen LogP contribution in [0.3, 0.4) is 0 Å². The number of methoxy groups -OCH3 is 4. The third-order valence-corrected chi connectivity index (χ3v) is 9.40. The standard InChI is InChI=1S/C20H35NO6.C15H27NO4/c1-12(2)14(17(22)25-7)9-10-15-13(3)11-16(18(23)26-8)21(15)19(24)27-20(4,5)6;1-9(2)11(14(17)19-4)6-7-12-10(3)8-13(16-12)15(18)20-5/h12-16H,9-11H2,1-8H3;9-13,16H,6-8H2,1-5H3/t13-,14?,15-,16+;10-,11?,12-,13+/m11/s1. The van der Waals surface area contributed by atoms with E-state index in [2.05, 4.69) is 12.2 Å². The Morgan fingerprint density at radius 1 is 0.723 bits per heavy atom. The second-order valence-corrected chi connectivity index (χ2v) is 14.7. The molecule has 47 heavy (non-hydrogen) atoms. The van der Waals surface area contributed by atoms with E-state index in [1.165, 1.54) is 33.3 Å². The van der Waals surface area contributed by atoms with Gasteiger partial charge in [0.2, 0.25) is 0 Å². The highest BCUT2D eigenvalue weighted by Gasteiger charge is 2.47. The van der Waals surface area contributed by atoms with Crippen molar-refractivity contribution in [2.24, 2.45) is 35.5 Å². The van der Waals surface area contributed by atoms with Gasteiger partial charge in [0, 0.05) is 12.1 Å². The second kappa shape index (κ2) is 19.2. The van der Waals surface area contributed by atoms with Gasteiger partial charge in [-0.05, 0) is 83.0 Å². The van der Waals surface area contributed by atoms with Gasteiger partial charge < -0.3 is 29.0 Å². The lowest BCUT2D eigenvalue weighted by atomic mass is 9.87. The number of hydrogen-bond acceptors (Lipinski definition) is 11. The minimum Gasteiger partial charge on any atom is -0.469 e. The Labute approximate surface area is 282 Å². The van der Waals surface area contributed by atoms with E-state index in [0.717, 1.165) is 19.3 Å². The van der Waals surface area contributed by atoms with Crippen molar-refractivity contribution in [2.45, 2.75) is 131 Å². The van der Waals surface area contributed by atoms with Crippen LogP contribution >= 0.6 is 0 Å². The van der Waals surface area contributed by atoms with Crippen LogP contribution in [0.4, 0.5) is 4.79 Å². The maximum atomic E-state index is 12.8. The molecule has 0 saturated carbocycles. The van der Waals surface area contributed by atoms with Gasteiger partial charge >= 0.3 is 30.0 Å². The van der Waals surface area contributed by atoms with Crippen LogP contribution in [0.2, 0.25) is 0 Å². The highest BCUT2D eigenvalue weighted by molar-refractivity contribution is 5.82. The van der Waals surface area contributed by atoms with E-state index in [1.54, 1.807) is 20.8 Å². The third kappa shape index (κ3) is 12.6. The summed E-state index contributed by atoms with van der Waals surface area (Å²) in [4.78, 5) is 61.9. The number of hydrogen-bond donors (Lipinski definition) is 1. The van der Waals surface area contributed by atoms with Crippen molar-refractivity contribution in [2.75, 3.05) is 28.4 Å². The van der Waals surface area contributed by atoms with Crippen molar-refractivity contribution in [1.82, 2.24) is 10.2 Å². The normalized spacial score (nSPS) is 25.4. The minimum absolute atomic E-state index is 0.0776. The van der Waals surface area contributed by atoms with Gasteiger partial charge in [0.05, 0.1) is 40.3 Å². The molecule has 0 bridgehead atoms. The number of amides is 1. The van der Waals surface area contributed by atoms with Crippen LogP contribution in [-0.4, -0.2) is 93.1 Å². The van der Waals surface area contributed by atoms with Gasteiger partial charge in [-0.1, -0.05) is 41.5 Å². The fourth-order valence-corrected chi connectivity index (χ4v) is 6.63. The summed E-state index contributed by atoms with van der Waals surface area (Å²) < 4.78 is 25.0. The Hall–Kier alpha value is -2.89. The van der Waals surface area contributed by atoms with Crippen LogP contribution in [0.15, 0.2) is 0 Å². The molecular weight excluding hydrogens is 608 g/mol. The molecule has 1 amide bonds. The third-order valence-electron chi connectivity index (χ3n) is 9.40. The Kier molecular flexibility index (Phi) is 17.2. The zero-order valence-electron chi connectivity index (χ0n) is 31.0. The molecule has 2 fully saturated rings. The Bertz CT molecular complexity index is 1040. The van der Waals surface area contributed by atoms with E-state index in [0.29, 0.717) is 25.2 Å². The van der Waals surface area contributed by atoms with Crippen LogP contribution in [-0.2, 0) is 42.9 Å². The number of nitrogens with zero attached hydrogens (tertiary/aromatic N) is 1. The Morgan fingerprint density at radius 2 is 1.21 bits per heavy atom. The molecule has 2 aliphatic heterocycles. The lowest BCUT2D eigenvalue weighted by Crippen LogP contribution is -2.48. The van der Waals surface area contributed by atoms with Crippen LogP contribution in [0.5, 0.6) is 0 Å². The zero-order valence-corrected chi connectivity index (χ0v) is 31.0. The first kappa shape index (κ1) is 42.1. The van der Waals surface area contributed by atoms with Crippen molar-refractivity contribution < 1.29 is 47.7 Å². The van der Waals surface area contributed by atoms with Crippen molar-refractivity contribution >= 4 is 30.0 Å². The summed E-state index contributed by atoms with van der Waals surface area (Å²) >= 11 is 0. The summed E-state index contributed by atoms with van der Waals surface area (Å²) in [6.45, 7) is 17.5. The molecule has 12 heteroatoms. The molecule has 2 heterocycles. The fourth-order valence-electron chi connectivity index (χ4n) is 6.63. The molecule has 0 aromatic heterocycles. The van der Waals surface area contributed by atoms with Crippen LogP contribution < -0.4 is 5.32 Å². The van der Waals surface area contributed by atoms with Gasteiger partial charge in [-0.25, -0.2) is 9.59 Å². The average molecular weight is 671 g/mol. The zero-order chi connectivity index (χ0) is 36.2. The van der Waals surface area contributed by atoms with Crippen LogP contribution in [0, 0.1) is 35.5 Å². The molecular formula is C35H62N2O10. The summed E-state index contributed by atoms with van der Waals surface area (Å²) in [6.07, 6.45) is 3.60. The summed E-state index contributed by atoms with van der Waals surface area (Å²) in [6, 6.07) is -0.823. The summed E-state index contributed by atoms with van der Waals surface area (Å²) in [7, 11) is 5.55. The van der Waals surface area contributed by atoms with E-state index in [-0.39, 0.29) is 65.6 Å². The van der Waals surface area contributed by atoms with E-state index in [9.17, 15) is 24.0 Å². The van der Waals surface area contributed by atoms with Crippen LogP contribution in [0.25, 0.3) is 0 Å². The van der Waals surface area contributed by atoms with E-state index in [4.69, 9.17) is 23.7 Å². The van der Waals surface area contributed by atoms with E-state index in [1.807, 2.05) is 34.6 Å². The van der Waals surface area contributed by atoms with Crippen molar-refractivity contribution in [1.29, 1.82) is 0 Å². The molecule has 0 aromatic carbocycles. The predicted octanol–water partition coefficient (Wildman–Crippen LogP) is 5.15. The summed E-state index contributed by atoms with van der Waals surface area (Å²) in [5.41, 5.74) is -0.666. The van der Waals surface area contributed by atoms with Crippen molar-refractivity contribution in [3.8, 4) is 0 Å². The maximum absolute atomic E-state index is 12.8. The molecule has 0 radical (unpaired) electrons. The molecule has 0 spiro atoms. The molecule has 272 valence electrons. The van der Waals surface area contributed by atoms with Gasteiger partial charge in [0.15, 0.2) is 0 Å². The highest BCUT2D eigenvalue weighted by Crippen LogP contribution is 2.36. The van der Waals surface area contributed by atoms with E-state index < -0.39 is 23.7 Å². The quantitative estimate of drug-likeness (QED) is 0.217. The van der Waals surface area contributed by atoms with Crippen molar-refractivity contribution in [3.05, 3.63) is 0 Å². The van der Waals surface area contributed by atoms with Gasteiger partial charge in [-0.2, -0.15) is 0 Å². The highest BCUT2D eigenvalue weighted by atomic mass is 16.6. The molecule has 8 atom stereocenters. The molecule has 12 nitrogen and oxygen atoms in total. The molecule has 2 aliphatic rings. The Morgan fingerprint density at radius 3 is 1.64 bits per heavy atom. The predicted molar refractivity (Wildman–Crippen MR) is 177 cm³/mol. The lowest BCUT2D eigenvalue weighted by Gasteiger charge is -2.33. The fraction of sp³-hybridized carbons (Fsp3) is 0.857. The molecule has 0 aromatic rings. The molecule has 1 N–H and O–H groups in total. The second-order valence-electron chi connectivity index (χ2n) is 14.7. The first-order chi connectivity index (χ1) is 21.8. The molecule has 2 saturated heterocycles.